The van der Waals surface area contributed by atoms with Crippen LogP contribution in [0.25, 0.3) is 6.08 Å². The van der Waals surface area contributed by atoms with Gasteiger partial charge in [0, 0.05) is 38.4 Å². The minimum absolute atomic E-state index is 0.118. The van der Waals surface area contributed by atoms with Gasteiger partial charge in [0.2, 0.25) is 0 Å². The molecule has 1 saturated heterocycles. The van der Waals surface area contributed by atoms with Gasteiger partial charge < -0.3 is 15.1 Å². The molecule has 0 atom stereocenters. The third-order valence-corrected chi connectivity index (χ3v) is 5.13. The number of nitrogens with zero attached hydrogens (tertiary/aromatic N) is 2. The molecule has 1 fully saturated rings. The highest BCUT2D eigenvalue weighted by Crippen LogP contribution is 2.17. The van der Waals surface area contributed by atoms with E-state index in [1.165, 1.54) is 0 Å². The van der Waals surface area contributed by atoms with Crippen LogP contribution in [0.4, 0.5) is 5.69 Å². The first-order valence-corrected chi connectivity index (χ1v) is 10.2. The summed E-state index contributed by atoms with van der Waals surface area (Å²) in [7, 11) is 3.97. The fourth-order valence-electron chi connectivity index (χ4n) is 3.41. The molecule has 2 aromatic carbocycles. The second-order valence-corrected chi connectivity index (χ2v) is 7.57. The molecule has 0 aromatic heterocycles. The smallest absolute Gasteiger partial charge is 0.270 e. The summed E-state index contributed by atoms with van der Waals surface area (Å²) in [5.74, 6) is -0.391. The molecule has 1 aliphatic heterocycles. The van der Waals surface area contributed by atoms with E-state index >= 15 is 0 Å². The van der Waals surface area contributed by atoms with E-state index in [1.807, 2.05) is 66.4 Å². The van der Waals surface area contributed by atoms with Crippen LogP contribution < -0.4 is 10.2 Å². The molecule has 0 bridgehead atoms. The van der Waals surface area contributed by atoms with Gasteiger partial charge in [-0.3, -0.25) is 9.59 Å². The van der Waals surface area contributed by atoms with Gasteiger partial charge in [0.05, 0.1) is 0 Å². The van der Waals surface area contributed by atoms with Crippen molar-refractivity contribution in [3.05, 3.63) is 71.4 Å². The number of rotatable bonds is 5. The highest BCUT2D eigenvalue weighted by atomic mass is 16.2. The van der Waals surface area contributed by atoms with E-state index in [-0.39, 0.29) is 11.8 Å². The zero-order valence-corrected chi connectivity index (χ0v) is 17.2. The van der Waals surface area contributed by atoms with Crippen LogP contribution in [0.2, 0.25) is 0 Å². The Morgan fingerprint density at radius 2 is 1.52 bits per heavy atom. The Bertz CT molecular complexity index is 849. The van der Waals surface area contributed by atoms with Gasteiger partial charge in [0.15, 0.2) is 0 Å². The molecular weight excluding hydrogens is 362 g/mol. The van der Waals surface area contributed by atoms with Crippen LogP contribution in [-0.4, -0.2) is 43.9 Å². The first kappa shape index (κ1) is 20.6. The molecular formula is C24H29N3O2. The number of hydrogen-bond donors (Lipinski definition) is 1. The number of nitrogens with one attached hydrogen (secondary N) is 1. The Morgan fingerprint density at radius 1 is 0.897 bits per heavy atom. The van der Waals surface area contributed by atoms with Crippen LogP contribution in [0, 0.1) is 0 Å². The Hall–Kier alpha value is -3.08. The summed E-state index contributed by atoms with van der Waals surface area (Å²) in [6, 6.07) is 16.9. The van der Waals surface area contributed by atoms with Crippen molar-refractivity contribution >= 4 is 23.6 Å². The van der Waals surface area contributed by atoms with Crippen LogP contribution in [0.15, 0.2) is 60.3 Å². The molecule has 0 unspecified atom stereocenters. The molecule has 1 N–H and O–H groups in total. The molecule has 2 amide bonds. The van der Waals surface area contributed by atoms with Gasteiger partial charge in [-0.15, -0.1) is 0 Å². The Labute approximate surface area is 173 Å². The lowest BCUT2D eigenvalue weighted by molar-refractivity contribution is -0.127. The zero-order chi connectivity index (χ0) is 20.6. The summed E-state index contributed by atoms with van der Waals surface area (Å²) < 4.78 is 0. The average molecular weight is 392 g/mol. The summed E-state index contributed by atoms with van der Waals surface area (Å²) in [6.07, 6.45) is 6.07. The molecule has 3 rings (SSSR count). The summed E-state index contributed by atoms with van der Waals surface area (Å²) in [5, 5.41) is 2.86. The normalized spacial score (nSPS) is 14.8. The van der Waals surface area contributed by atoms with Crippen LogP contribution in [-0.2, 0) is 4.79 Å². The fraction of sp³-hybridized carbons (Fsp3) is 0.333. The van der Waals surface area contributed by atoms with E-state index in [4.69, 9.17) is 0 Å². The molecule has 2 aromatic rings. The standard InChI is InChI=1S/C24H29N3O2/c1-26(2)21-14-12-19(13-15-21)18-22(24(29)27-16-8-3-4-9-17-27)25-23(28)20-10-6-5-7-11-20/h5-7,10-15,18H,3-4,8-9,16-17H2,1-2H3,(H,25,28)/b22-18+. The topological polar surface area (TPSA) is 52.7 Å². The second-order valence-electron chi connectivity index (χ2n) is 7.57. The van der Waals surface area contributed by atoms with E-state index in [0.717, 1.165) is 50.0 Å². The largest absolute Gasteiger partial charge is 0.378 e. The van der Waals surface area contributed by atoms with Crippen molar-refractivity contribution in [1.82, 2.24) is 10.2 Å². The van der Waals surface area contributed by atoms with Crippen molar-refractivity contribution in [3.8, 4) is 0 Å². The van der Waals surface area contributed by atoms with Crippen molar-refractivity contribution in [2.45, 2.75) is 25.7 Å². The molecule has 5 nitrogen and oxygen atoms in total. The van der Waals surface area contributed by atoms with E-state index in [1.54, 1.807) is 18.2 Å². The summed E-state index contributed by atoms with van der Waals surface area (Å²) in [5.41, 5.74) is 2.81. The monoisotopic (exact) mass is 391 g/mol. The molecule has 152 valence electrons. The lowest BCUT2D eigenvalue weighted by Crippen LogP contribution is -2.39. The third kappa shape index (κ3) is 5.70. The summed E-state index contributed by atoms with van der Waals surface area (Å²) >= 11 is 0. The second kappa shape index (κ2) is 9.92. The lowest BCUT2D eigenvalue weighted by atomic mass is 10.1. The van der Waals surface area contributed by atoms with Gasteiger partial charge in [0.1, 0.15) is 5.70 Å². The minimum Gasteiger partial charge on any atom is -0.378 e. The minimum atomic E-state index is -0.273. The van der Waals surface area contributed by atoms with Gasteiger partial charge in [-0.1, -0.05) is 43.2 Å². The van der Waals surface area contributed by atoms with Gasteiger partial charge >= 0.3 is 0 Å². The van der Waals surface area contributed by atoms with Crippen molar-refractivity contribution in [3.63, 3.8) is 0 Å². The number of carbonyl (C=O) groups is 2. The molecule has 29 heavy (non-hydrogen) atoms. The maximum absolute atomic E-state index is 13.2. The first-order chi connectivity index (χ1) is 14.0. The number of likely N-dealkylation sites (tertiary alicyclic amines) is 1. The molecule has 0 spiro atoms. The van der Waals surface area contributed by atoms with Crippen LogP contribution >= 0.6 is 0 Å². The van der Waals surface area contributed by atoms with Crippen LogP contribution in [0.3, 0.4) is 0 Å². The summed E-state index contributed by atoms with van der Waals surface area (Å²) in [4.78, 5) is 29.8. The van der Waals surface area contributed by atoms with E-state index in [2.05, 4.69) is 5.32 Å². The van der Waals surface area contributed by atoms with E-state index < -0.39 is 0 Å². The first-order valence-electron chi connectivity index (χ1n) is 10.2. The maximum atomic E-state index is 13.2. The van der Waals surface area contributed by atoms with Crippen LogP contribution in [0.1, 0.15) is 41.6 Å². The van der Waals surface area contributed by atoms with Gasteiger partial charge in [-0.2, -0.15) is 0 Å². The predicted octanol–water partition coefficient (Wildman–Crippen LogP) is 3.93. The third-order valence-electron chi connectivity index (χ3n) is 5.13. The molecule has 1 heterocycles. The summed E-state index contributed by atoms with van der Waals surface area (Å²) in [6.45, 7) is 1.47. The van der Waals surface area contributed by atoms with Crippen LogP contribution in [0.5, 0.6) is 0 Å². The van der Waals surface area contributed by atoms with Gasteiger partial charge in [-0.25, -0.2) is 0 Å². The zero-order valence-electron chi connectivity index (χ0n) is 17.2. The maximum Gasteiger partial charge on any atom is 0.270 e. The average Bonchev–Trinajstić information content (AvgIpc) is 3.03. The number of hydrogen-bond acceptors (Lipinski definition) is 3. The molecule has 0 aliphatic carbocycles. The SMILES string of the molecule is CN(C)c1ccc(/C=C(/NC(=O)c2ccccc2)C(=O)N2CCCCCC2)cc1. The van der Waals surface area contributed by atoms with Crippen molar-refractivity contribution < 1.29 is 9.59 Å². The molecule has 0 saturated carbocycles. The van der Waals surface area contributed by atoms with Crippen molar-refractivity contribution in [2.75, 3.05) is 32.1 Å². The quantitative estimate of drug-likeness (QED) is 0.786. The van der Waals surface area contributed by atoms with E-state index in [9.17, 15) is 9.59 Å². The highest BCUT2D eigenvalue weighted by Gasteiger charge is 2.21. The predicted molar refractivity (Wildman–Crippen MR) is 118 cm³/mol. The van der Waals surface area contributed by atoms with E-state index in [0.29, 0.717) is 11.3 Å². The Kier molecular flexibility index (Phi) is 7.06. The molecule has 5 heteroatoms. The Morgan fingerprint density at radius 3 is 2.10 bits per heavy atom. The lowest BCUT2D eigenvalue weighted by Gasteiger charge is -2.22. The fourth-order valence-corrected chi connectivity index (χ4v) is 3.41. The Balaban J connectivity index is 1.87. The molecule has 1 aliphatic rings. The number of benzene rings is 2. The molecule has 0 radical (unpaired) electrons. The van der Waals surface area contributed by atoms with Crippen molar-refractivity contribution in [2.24, 2.45) is 0 Å². The van der Waals surface area contributed by atoms with Gasteiger partial charge in [-0.05, 0) is 48.7 Å². The van der Waals surface area contributed by atoms with Gasteiger partial charge in [0.25, 0.3) is 11.8 Å². The highest BCUT2D eigenvalue weighted by molar-refractivity contribution is 6.05. The number of carbonyl (C=O) groups excluding carboxylic acids is 2. The number of anilines is 1. The van der Waals surface area contributed by atoms with Crippen molar-refractivity contribution in [1.29, 1.82) is 0 Å². The number of amides is 2.